The first-order chi connectivity index (χ1) is 12.8. The molecule has 1 atom stereocenters. The van der Waals surface area contributed by atoms with Crippen LogP contribution in [0.1, 0.15) is 17.5 Å². The number of nitrogens with one attached hydrogen (secondary N) is 1. The summed E-state index contributed by atoms with van der Waals surface area (Å²) in [6.07, 6.45) is 0.117. The summed E-state index contributed by atoms with van der Waals surface area (Å²) in [6.45, 7) is 3.94. The van der Waals surface area contributed by atoms with E-state index >= 15 is 0 Å². The van der Waals surface area contributed by atoms with Crippen LogP contribution in [0.25, 0.3) is 0 Å². The van der Waals surface area contributed by atoms with E-state index in [4.69, 9.17) is 0 Å². The van der Waals surface area contributed by atoms with E-state index in [9.17, 15) is 14.4 Å². The summed E-state index contributed by atoms with van der Waals surface area (Å²) in [7, 11) is 0. The Morgan fingerprint density at radius 1 is 1.15 bits per heavy atom. The number of carbonyl (C=O) groups is 3. The predicted octanol–water partition coefficient (Wildman–Crippen LogP) is 3.91. The van der Waals surface area contributed by atoms with Crippen LogP contribution in [-0.4, -0.2) is 28.7 Å². The molecule has 0 aliphatic carbocycles. The van der Waals surface area contributed by atoms with Gasteiger partial charge in [0.05, 0.1) is 16.7 Å². The topological polar surface area (TPSA) is 66.5 Å². The first-order valence-electron chi connectivity index (χ1n) is 8.45. The van der Waals surface area contributed by atoms with Crippen molar-refractivity contribution < 1.29 is 14.4 Å². The Morgan fingerprint density at radius 2 is 1.78 bits per heavy atom. The van der Waals surface area contributed by atoms with E-state index in [1.54, 1.807) is 12.1 Å². The highest BCUT2D eigenvalue weighted by Crippen LogP contribution is 2.30. The highest BCUT2D eigenvalue weighted by Gasteiger charge is 2.40. The predicted molar refractivity (Wildman–Crippen MR) is 117 cm³/mol. The zero-order valence-electron chi connectivity index (χ0n) is 15.0. The van der Waals surface area contributed by atoms with Gasteiger partial charge in [0.2, 0.25) is 17.7 Å². The van der Waals surface area contributed by atoms with Crippen molar-refractivity contribution in [3.8, 4) is 0 Å². The van der Waals surface area contributed by atoms with Crippen molar-refractivity contribution >= 4 is 63.4 Å². The smallest absolute Gasteiger partial charge is 0.247 e. The van der Waals surface area contributed by atoms with E-state index in [0.29, 0.717) is 5.69 Å². The largest absolute Gasteiger partial charge is 0.325 e. The molecule has 3 rings (SSSR count). The van der Waals surface area contributed by atoms with Gasteiger partial charge in [-0.3, -0.25) is 14.4 Å². The van der Waals surface area contributed by atoms with E-state index in [1.807, 2.05) is 44.2 Å². The molecule has 140 valence electrons. The van der Waals surface area contributed by atoms with Crippen molar-refractivity contribution in [1.29, 1.82) is 0 Å². The van der Waals surface area contributed by atoms with E-state index in [1.165, 1.54) is 16.7 Å². The van der Waals surface area contributed by atoms with Crippen molar-refractivity contribution in [1.82, 2.24) is 0 Å². The molecule has 3 amide bonds. The molecule has 0 saturated carbocycles. The lowest BCUT2D eigenvalue weighted by Crippen LogP contribution is -2.31. The SMILES string of the molecule is Cc1cc(C)cc(NC(=O)CS[C@@H]2CC(=O)N(c3ccc(I)cc3)C2=O)c1. The van der Waals surface area contributed by atoms with Gasteiger partial charge < -0.3 is 5.32 Å². The second-order valence-corrected chi connectivity index (χ2v) is 8.91. The molecule has 1 aliphatic heterocycles. The number of rotatable bonds is 5. The fraction of sp³-hybridized carbons (Fsp3) is 0.250. The number of anilines is 2. The molecule has 1 heterocycles. The highest BCUT2D eigenvalue weighted by molar-refractivity contribution is 14.1. The fourth-order valence-corrected chi connectivity index (χ4v) is 4.31. The zero-order valence-corrected chi connectivity index (χ0v) is 18.0. The second-order valence-electron chi connectivity index (χ2n) is 6.47. The summed E-state index contributed by atoms with van der Waals surface area (Å²) >= 11 is 3.38. The summed E-state index contributed by atoms with van der Waals surface area (Å²) in [4.78, 5) is 38.3. The maximum Gasteiger partial charge on any atom is 0.247 e. The minimum atomic E-state index is -0.526. The lowest BCUT2D eigenvalue weighted by atomic mass is 10.1. The number of imide groups is 1. The lowest BCUT2D eigenvalue weighted by Gasteiger charge is -2.15. The molecular formula is C20H19IN2O3S. The van der Waals surface area contributed by atoms with Crippen LogP contribution in [0.15, 0.2) is 42.5 Å². The quantitative estimate of drug-likeness (QED) is 0.506. The third kappa shape index (κ3) is 4.90. The van der Waals surface area contributed by atoms with Gasteiger partial charge in [0.25, 0.3) is 0 Å². The molecule has 2 aromatic carbocycles. The van der Waals surface area contributed by atoms with Crippen LogP contribution in [0, 0.1) is 17.4 Å². The van der Waals surface area contributed by atoms with Crippen molar-refractivity contribution in [3.63, 3.8) is 0 Å². The number of halogens is 1. The van der Waals surface area contributed by atoms with Crippen LogP contribution >= 0.6 is 34.4 Å². The summed E-state index contributed by atoms with van der Waals surface area (Å²) in [5.41, 5.74) is 3.46. The highest BCUT2D eigenvalue weighted by atomic mass is 127. The van der Waals surface area contributed by atoms with Crippen LogP contribution in [0.2, 0.25) is 0 Å². The van der Waals surface area contributed by atoms with Crippen molar-refractivity contribution in [3.05, 3.63) is 57.2 Å². The Kier molecular flexibility index (Phi) is 6.21. The number of nitrogens with zero attached hydrogens (tertiary/aromatic N) is 1. The molecular weight excluding hydrogens is 475 g/mol. The third-order valence-corrected chi connectivity index (χ3v) is 6.03. The van der Waals surface area contributed by atoms with Gasteiger partial charge >= 0.3 is 0 Å². The Hall–Kier alpha value is -1.87. The molecule has 1 N–H and O–H groups in total. The van der Waals surface area contributed by atoms with Crippen molar-refractivity contribution in [2.75, 3.05) is 16.0 Å². The van der Waals surface area contributed by atoms with Gasteiger partial charge in [-0.25, -0.2) is 4.90 Å². The van der Waals surface area contributed by atoms with Gasteiger partial charge in [-0.1, -0.05) is 6.07 Å². The number of aryl methyl sites for hydroxylation is 2. The molecule has 0 radical (unpaired) electrons. The van der Waals surface area contributed by atoms with Gasteiger partial charge in [-0.2, -0.15) is 0 Å². The molecule has 5 nitrogen and oxygen atoms in total. The summed E-state index contributed by atoms with van der Waals surface area (Å²) in [5, 5.41) is 2.33. The molecule has 7 heteroatoms. The van der Waals surface area contributed by atoms with Crippen LogP contribution in [0.4, 0.5) is 11.4 Å². The van der Waals surface area contributed by atoms with Gasteiger partial charge in [-0.05, 0) is 84.0 Å². The van der Waals surface area contributed by atoms with Gasteiger partial charge in [0.15, 0.2) is 0 Å². The number of hydrogen-bond donors (Lipinski definition) is 1. The maximum atomic E-state index is 12.6. The third-order valence-electron chi connectivity index (χ3n) is 4.11. The average Bonchev–Trinajstić information content (AvgIpc) is 2.87. The Balaban J connectivity index is 1.59. The Bertz CT molecular complexity index is 878. The van der Waals surface area contributed by atoms with E-state index in [-0.39, 0.29) is 29.9 Å². The standard InChI is InChI=1S/C20H19IN2O3S/c1-12-7-13(2)9-15(8-12)22-18(24)11-27-17-10-19(25)23(20(17)26)16-5-3-14(21)4-6-16/h3-9,17H,10-11H2,1-2H3,(H,22,24)/t17-/m1/s1. The van der Waals surface area contributed by atoms with Gasteiger partial charge in [0, 0.05) is 15.7 Å². The Morgan fingerprint density at radius 3 is 2.41 bits per heavy atom. The molecule has 1 saturated heterocycles. The molecule has 0 spiro atoms. The summed E-state index contributed by atoms with van der Waals surface area (Å²) < 4.78 is 1.03. The van der Waals surface area contributed by atoms with Crippen LogP contribution in [-0.2, 0) is 14.4 Å². The zero-order chi connectivity index (χ0) is 19.6. The van der Waals surface area contributed by atoms with Crippen LogP contribution in [0.5, 0.6) is 0 Å². The normalized spacial score (nSPS) is 16.7. The van der Waals surface area contributed by atoms with Crippen molar-refractivity contribution in [2.45, 2.75) is 25.5 Å². The van der Waals surface area contributed by atoms with Gasteiger partial charge in [-0.15, -0.1) is 11.8 Å². The minimum Gasteiger partial charge on any atom is -0.325 e. The fourth-order valence-electron chi connectivity index (χ4n) is 3.02. The monoisotopic (exact) mass is 494 g/mol. The first kappa shape index (κ1) is 19.9. The van der Waals surface area contributed by atoms with Crippen LogP contribution < -0.4 is 10.2 Å². The van der Waals surface area contributed by atoms with E-state index < -0.39 is 5.25 Å². The summed E-state index contributed by atoms with van der Waals surface area (Å²) in [6, 6.07) is 13.1. The molecule has 1 aliphatic rings. The minimum absolute atomic E-state index is 0.117. The average molecular weight is 494 g/mol. The number of benzene rings is 2. The number of hydrogen-bond acceptors (Lipinski definition) is 4. The van der Waals surface area contributed by atoms with E-state index in [2.05, 4.69) is 27.9 Å². The number of thioether (sulfide) groups is 1. The molecule has 2 aromatic rings. The number of amides is 3. The number of carbonyl (C=O) groups excluding carboxylic acids is 3. The van der Waals surface area contributed by atoms with E-state index in [0.717, 1.165) is 20.4 Å². The molecule has 1 fully saturated rings. The molecule has 0 unspecified atom stereocenters. The van der Waals surface area contributed by atoms with Crippen LogP contribution in [0.3, 0.4) is 0 Å². The Labute approximate surface area is 176 Å². The van der Waals surface area contributed by atoms with Gasteiger partial charge in [0.1, 0.15) is 0 Å². The first-order valence-corrected chi connectivity index (χ1v) is 10.6. The summed E-state index contributed by atoms with van der Waals surface area (Å²) in [5.74, 6) is -0.547. The molecule has 27 heavy (non-hydrogen) atoms. The second kappa shape index (κ2) is 8.43. The molecule has 0 bridgehead atoms. The lowest BCUT2D eigenvalue weighted by molar-refractivity contribution is -0.121. The molecule has 0 aromatic heterocycles. The van der Waals surface area contributed by atoms with Crippen molar-refractivity contribution in [2.24, 2.45) is 0 Å². The maximum absolute atomic E-state index is 12.6.